The predicted molar refractivity (Wildman–Crippen MR) is 96.9 cm³/mol. The fourth-order valence-corrected chi connectivity index (χ4v) is 5.54. The van der Waals surface area contributed by atoms with Crippen molar-refractivity contribution >= 4 is 37.9 Å². The van der Waals surface area contributed by atoms with Crippen molar-refractivity contribution in [2.45, 2.75) is 58.8 Å². The van der Waals surface area contributed by atoms with Gasteiger partial charge in [-0.2, -0.15) is 9.61 Å². The molecule has 0 radical (unpaired) electrons. The number of aromatic nitrogens is 3. The Labute approximate surface area is 143 Å². The van der Waals surface area contributed by atoms with Gasteiger partial charge in [-0.3, -0.25) is 4.79 Å². The number of nitrogens with zero attached hydrogens (tertiary/aromatic N) is 3. The van der Waals surface area contributed by atoms with E-state index < -0.39 is 0 Å². The molecule has 1 aliphatic carbocycles. The molecule has 23 heavy (non-hydrogen) atoms. The van der Waals surface area contributed by atoms with Crippen LogP contribution >= 0.6 is 22.7 Å². The van der Waals surface area contributed by atoms with Crippen LogP contribution in [0.2, 0.25) is 0 Å². The molecule has 0 unspecified atom stereocenters. The van der Waals surface area contributed by atoms with Crippen molar-refractivity contribution in [2.75, 3.05) is 0 Å². The first-order valence-corrected chi connectivity index (χ1v) is 10.0. The summed E-state index contributed by atoms with van der Waals surface area (Å²) < 4.78 is 1.52. The minimum Gasteiger partial charge on any atom is -0.266 e. The quantitative estimate of drug-likeness (QED) is 0.701. The zero-order valence-corrected chi connectivity index (χ0v) is 15.2. The predicted octanol–water partition coefficient (Wildman–Crippen LogP) is 4.50. The molecule has 3 heterocycles. The Kier molecular flexibility index (Phi) is 3.97. The first-order chi connectivity index (χ1) is 11.1. The van der Waals surface area contributed by atoms with Gasteiger partial charge in [0.15, 0.2) is 0 Å². The summed E-state index contributed by atoms with van der Waals surface area (Å²) in [6, 6.07) is 0. The Bertz CT molecular complexity index is 915. The Morgan fingerprint density at radius 2 is 1.96 bits per heavy atom. The van der Waals surface area contributed by atoms with Gasteiger partial charge >= 0.3 is 0 Å². The van der Waals surface area contributed by atoms with Crippen LogP contribution in [0, 0.1) is 19.8 Å². The maximum Gasteiger partial charge on any atom is 0.284 e. The molecule has 0 N–H and O–H groups in total. The lowest BCUT2D eigenvalue weighted by molar-refractivity contribution is 0.339. The molecule has 4 rings (SSSR count). The second-order valence-electron chi connectivity index (χ2n) is 6.61. The Hall–Kier alpha value is -1.27. The molecule has 0 aromatic carbocycles. The second kappa shape index (κ2) is 5.98. The molecule has 1 fully saturated rings. The summed E-state index contributed by atoms with van der Waals surface area (Å²) in [6.07, 6.45) is 9.03. The van der Waals surface area contributed by atoms with E-state index in [1.165, 1.54) is 47.9 Å². The van der Waals surface area contributed by atoms with Gasteiger partial charge in [-0.05, 0) is 31.7 Å². The van der Waals surface area contributed by atoms with Crippen LogP contribution in [-0.4, -0.2) is 14.6 Å². The molecule has 0 amide bonds. The van der Waals surface area contributed by atoms with Crippen LogP contribution in [0.15, 0.2) is 4.79 Å². The van der Waals surface area contributed by atoms with Crippen molar-refractivity contribution in [3.05, 3.63) is 25.8 Å². The van der Waals surface area contributed by atoms with Crippen molar-refractivity contribution in [3.8, 4) is 0 Å². The van der Waals surface area contributed by atoms with Crippen molar-refractivity contribution in [3.63, 3.8) is 0 Å². The van der Waals surface area contributed by atoms with Crippen molar-refractivity contribution in [1.82, 2.24) is 14.6 Å². The van der Waals surface area contributed by atoms with E-state index in [1.807, 2.05) is 13.8 Å². The van der Waals surface area contributed by atoms with Gasteiger partial charge in [0.25, 0.3) is 5.56 Å². The molecule has 0 saturated heterocycles. The smallest absolute Gasteiger partial charge is 0.266 e. The summed E-state index contributed by atoms with van der Waals surface area (Å²) in [5.74, 6) is 0.842. The topological polar surface area (TPSA) is 47.3 Å². The molecular formula is C17H21N3OS2. The normalized spacial score (nSPS) is 16.6. The largest absolute Gasteiger partial charge is 0.284 e. The maximum atomic E-state index is 12.7. The van der Waals surface area contributed by atoms with Crippen LogP contribution in [-0.2, 0) is 6.42 Å². The maximum absolute atomic E-state index is 12.7. The van der Waals surface area contributed by atoms with Crippen molar-refractivity contribution in [2.24, 2.45) is 5.92 Å². The molecule has 1 saturated carbocycles. The van der Waals surface area contributed by atoms with E-state index in [9.17, 15) is 4.79 Å². The molecule has 1 aliphatic rings. The molecule has 122 valence electrons. The van der Waals surface area contributed by atoms with Gasteiger partial charge in [0, 0.05) is 11.3 Å². The molecular weight excluding hydrogens is 326 g/mol. The highest BCUT2D eigenvalue weighted by molar-refractivity contribution is 7.19. The molecule has 6 heteroatoms. The van der Waals surface area contributed by atoms with E-state index in [1.54, 1.807) is 22.7 Å². The Balaban J connectivity index is 1.66. The minimum atomic E-state index is -0.00739. The van der Waals surface area contributed by atoms with Crippen LogP contribution in [0.5, 0.6) is 0 Å². The minimum absolute atomic E-state index is 0.00739. The van der Waals surface area contributed by atoms with Gasteiger partial charge < -0.3 is 0 Å². The number of hydrogen-bond donors (Lipinski definition) is 0. The van der Waals surface area contributed by atoms with Gasteiger partial charge in [-0.1, -0.05) is 43.4 Å². The highest BCUT2D eigenvalue weighted by Crippen LogP contribution is 2.29. The molecule has 3 aromatic heterocycles. The van der Waals surface area contributed by atoms with Gasteiger partial charge in [-0.15, -0.1) is 11.3 Å². The van der Waals surface area contributed by atoms with Gasteiger partial charge in [0.2, 0.25) is 4.96 Å². The number of rotatable bonds is 3. The second-order valence-corrected chi connectivity index (χ2v) is 8.86. The van der Waals surface area contributed by atoms with E-state index >= 15 is 0 Å². The van der Waals surface area contributed by atoms with Crippen molar-refractivity contribution < 1.29 is 0 Å². The molecule has 0 spiro atoms. The third-order valence-corrected chi connectivity index (χ3v) is 7.13. The summed E-state index contributed by atoms with van der Waals surface area (Å²) >= 11 is 3.18. The fourth-order valence-electron chi connectivity index (χ4n) is 3.56. The lowest BCUT2D eigenvalue weighted by atomic mass is 9.86. The van der Waals surface area contributed by atoms with Gasteiger partial charge in [-0.25, -0.2) is 4.98 Å². The van der Waals surface area contributed by atoms with Crippen LogP contribution in [0.4, 0.5) is 0 Å². The molecule has 0 aliphatic heterocycles. The zero-order valence-electron chi connectivity index (χ0n) is 13.6. The van der Waals surface area contributed by atoms with Crippen LogP contribution in [0.25, 0.3) is 15.2 Å². The summed E-state index contributed by atoms with van der Waals surface area (Å²) in [5.41, 5.74) is 1.04. The van der Waals surface area contributed by atoms with Gasteiger partial charge in [0.1, 0.15) is 9.84 Å². The summed E-state index contributed by atoms with van der Waals surface area (Å²) in [5, 5.41) is 6.35. The first kappa shape index (κ1) is 15.3. The summed E-state index contributed by atoms with van der Waals surface area (Å²) in [4.78, 5) is 20.1. The third kappa shape index (κ3) is 2.72. The van der Waals surface area contributed by atoms with Gasteiger partial charge in [0.05, 0.1) is 5.39 Å². The fraction of sp³-hybridized carbons (Fsp3) is 0.588. The van der Waals surface area contributed by atoms with E-state index in [4.69, 9.17) is 0 Å². The molecule has 0 atom stereocenters. The third-order valence-electron chi connectivity index (χ3n) is 5.06. The van der Waals surface area contributed by atoms with Crippen molar-refractivity contribution in [1.29, 1.82) is 0 Å². The van der Waals surface area contributed by atoms with Crippen LogP contribution in [0.1, 0.15) is 54.0 Å². The highest BCUT2D eigenvalue weighted by Gasteiger charge is 2.17. The Morgan fingerprint density at radius 1 is 1.17 bits per heavy atom. The number of thiophene rings is 1. The Morgan fingerprint density at radius 3 is 2.74 bits per heavy atom. The summed E-state index contributed by atoms with van der Waals surface area (Å²) in [6.45, 7) is 4.04. The average Bonchev–Trinajstić information content (AvgIpc) is 3.08. The van der Waals surface area contributed by atoms with Crippen LogP contribution in [0.3, 0.4) is 0 Å². The highest BCUT2D eigenvalue weighted by atomic mass is 32.1. The summed E-state index contributed by atoms with van der Waals surface area (Å²) in [7, 11) is 0. The van der Waals surface area contributed by atoms with Crippen LogP contribution < -0.4 is 5.56 Å². The SMILES string of the molecule is Cc1sc2nc3sc(CCC4CCCCC4)nn3c(=O)c2c1C. The number of hydrogen-bond acceptors (Lipinski definition) is 5. The van der Waals surface area contributed by atoms with E-state index in [2.05, 4.69) is 10.1 Å². The standard InChI is InChI=1S/C17H21N3OS2/c1-10-11(2)22-15-14(10)16(21)20-17(18-15)23-13(19-20)9-8-12-6-4-3-5-7-12/h12H,3-9H2,1-2H3. The van der Waals surface area contributed by atoms with E-state index in [0.29, 0.717) is 0 Å². The lowest BCUT2D eigenvalue weighted by Gasteiger charge is -2.20. The van der Waals surface area contributed by atoms with E-state index in [-0.39, 0.29) is 5.56 Å². The van der Waals surface area contributed by atoms with E-state index in [0.717, 1.165) is 38.1 Å². The lowest BCUT2D eigenvalue weighted by Crippen LogP contribution is -2.15. The molecule has 3 aromatic rings. The number of aryl methyl sites for hydroxylation is 3. The first-order valence-electron chi connectivity index (χ1n) is 8.42. The zero-order chi connectivity index (χ0) is 16.0. The monoisotopic (exact) mass is 347 g/mol. The number of fused-ring (bicyclic) bond motifs is 2. The molecule has 4 nitrogen and oxygen atoms in total. The average molecular weight is 348 g/mol. The molecule has 0 bridgehead atoms.